The third-order valence-electron chi connectivity index (χ3n) is 3.20. The molecule has 1 rings (SSSR count). The minimum atomic E-state index is -1.34. The maximum atomic E-state index is 12.5. The molecule has 1 unspecified atom stereocenters. The zero-order chi connectivity index (χ0) is 19.9. The Kier molecular flexibility index (Phi) is 7.47. The summed E-state index contributed by atoms with van der Waals surface area (Å²) in [6, 6.07) is 0. The molecular formula is C15H19N3O8. The Morgan fingerprint density at radius 3 is 2.08 bits per heavy atom. The fraction of sp³-hybridized carbons (Fsp3) is 0.400. The lowest BCUT2D eigenvalue weighted by Crippen LogP contribution is -2.56. The summed E-state index contributed by atoms with van der Waals surface area (Å²) in [6.45, 7) is 6.05. The molecule has 0 aliphatic carbocycles. The van der Waals surface area contributed by atoms with Gasteiger partial charge in [0.2, 0.25) is 0 Å². The number of hydrogen-bond donors (Lipinski definition) is 1. The van der Waals surface area contributed by atoms with E-state index in [-0.39, 0.29) is 19.7 Å². The lowest BCUT2D eigenvalue weighted by atomic mass is 10.5. The fourth-order valence-electron chi connectivity index (χ4n) is 2.01. The standard InChI is InChI=1S/C15H19N3O8/c1-4-11(20)25-9-7-17-13(22)16(6-8-19)14(23)18(15(17)24)10(3)26-12(21)5-2/h4-5,10,19H,1-2,6-9H2,3H3. The second kappa shape index (κ2) is 9.32. The van der Waals surface area contributed by atoms with E-state index in [1.807, 2.05) is 0 Å². The number of hydrogen-bond acceptors (Lipinski definition) is 8. The minimum Gasteiger partial charge on any atom is -0.461 e. The molecule has 1 N–H and O–H groups in total. The van der Waals surface area contributed by atoms with Crippen molar-refractivity contribution in [3.05, 3.63) is 56.8 Å². The van der Waals surface area contributed by atoms with Gasteiger partial charge in [-0.2, -0.15) is 0 Å². The molecule has 0 bridgehead atoms. The molecule has 0 saturated carbocycles. The number of carbonyl (C=O) groups excluding carboxylic acids is 2. The number of rotatable bonds is 9. The summed E-state index contributed by atoms with van der Waals surface area (Å²) in [5.74, 6) is -1.63. The Morgan fingerprint density at radius 2 is 1.58 bits per heavy atom. The highest BCUT2D eigenvalue weighted by atomic mass is 16.6. The Labute approximate surface area is 147 Å². The first-order valence-corrected chi connectivity index (χ1v) is 7.47. The Balaban J connectivity index is 3.43. The van der Waals surface area contributed by atoms with Gasteiger partial charge < -0.3 is 14.6 Å². The van der Waals surface area contributed by atoms with E-state index in [0.717, 1.165) is 12.2 Å². The summed E-state index contributed by atoms with van der Waals surface area (Å²) in [7, 11) is 0. The normalized spacial score (nSPS) is 11.5. The van der Waals surface area contributed by atoms with Crippen molar-refractivity contribution in [1.29, 1.82) is 0 Å². The maximum absolute atomic E-state index is 12.5. The van der Waals surface area contributed by atoms with Crippen molar-refractivity contribution in [1.82, 2.24) is 13.7 Å². The van der Waals surface area contributed by atoms with Crippen LogP contribution in [0.15, 0.2) is 39.7 Å². The van der Waals surface area contributed by atoms with Crippen LogP contribution in [0.25, 0.3) is 0 Å². The van der Waals surface area contributed by atoms with Gasteiger partial charge in [-0.15, -0.1) is 0 Å². The summed E-state index contributed by atoms with van der Waals surface area (Å²) >= 11 is 0. The van der Waals surface area contributed by atoms with Crippen molar-refractivity contribution in [3.8, 4) is 0 Å². The van der Waals surface area contributed by atoms with Gasteiger partial charge in [0, 0.05) is 12.2 Å². The minimum absolute atomic E-state index is 0.335. The van der Waals surface area contributed by atoms with E-state index in [2.05, 4.69) is 13.2 Å². The number of aliphatic hydroxyl groups is 1. The predicted molar refractivity (Wildman–Crippen MR) is 88.5 cm³/mol. The topological polar surface area (TPSA) is 139 Å². The maximum Gasteiger partial charge on any atom is 0.339 e. The molecule has 1 aromatic rings. The van der Waals surface area contributed by atoms with E-state index >= 15 is 0 Å². The number of aliphatic hydroxyl groups excluding tert-OH is 1. The van der Waals surface area contributed by atoms with E-state index in [1.54, 1.807) is 0 Å². The van der Waals surface area contributed by atoms with Gasteiger partial charge in [-0.25, -0.2) is 37.7 Å². The molecule has 1 aromatic heterocycles. The largest absolute Gasteiger partial charge is 0.461 e. The van der Waals surface area contributed by atoms with Crippen LogP contribution in [0.3, 0.4) is 0 Å². The summed E-state index contributed by atoms with van der Waals surface area (Å²) in [5, 5.41) is 9.05. The van der Waals surface area contributed by atoms with Gasteiger partial charge in [0.05, 0.1) is 19.7 Å². The van der Waals surface area contributed by atoms with Crippen molar-refractivity contribution in [2.75, 3.05) is 13.2 Å². The Morgan fingerprint density at radius 1 is 1.04 bits per heavy atom. The van der Waals surface area contributed by atoms with Gasteiger partial charge in [0.1, 0.15) is 6.61 Å². The second-order valence-corrected chi connectivity index (χ2v) is 4.86. The van der Waals surface area contributed by atoms with E-state index in [1.165, 1.54) is 6.92 Å². The van der Waals surface area contributed by atoms with Crippen molar-refractivity contribution in [3.63, 3.8) is 0 Å². The van der Waals surface area contributed by atoms with Gasteiger partial charge in [-0.05, 0) is 6.92 Å². The van der Waals surface area contributed by atoms with Crippen LogP contribution in [0.5, 0.6) is 0 Å². The van der Waals surface area contributed by atoms with Crippen molar-refractivity contribution in [2.24, 2.45) is 0 Å². The molecule has 0 spiro atoms. The van der Waals surface area contributed by atoms with E-state index in [9.17, 15) is 24.0 Å². The highest BCUT2D eigenvalue weighted by Gasteiger charge is 2.21. The fourth-order valence-corrected chi connectivity index (χ4v) is 2.01. The molecule has 0 saturated heterocycles. The van der Waals surface area contributed by atoms with E-state index < -0.39 is 41.8 Å². The average molecular weight is 369 g/mol. The average Bonchev–Trinajstić information content (AvgIpc) is 2.61. The van der Waals surface area contributed by atoms with Crippen LogP contribution in [0.2, 0.25) is 0 Å². The number of esters is 2. The molecule has 1 heterocycles. The summed E-state index contributed by atoms with van der Waals surface area (Å²) in [6.07, 6.45) is 0.413. The molecule has 0 fully saturated rings. The zero-order valence-corrected chi connectivity index (χ0v) is 14.1. The van der Waals surface area contributed by atoms with Gasteiger partial charge in [0.25, 0.3) is 0 Å². The molecule has 11 nitrogen and oxygen atoms in total. The smallest absolute Gasteiger partial charge is 0.339 e. The van der Waals surface area contributed by atoms with E-state index in [4.69, 9.17) is 14.6 Å². The number of ether oxygens (including phenoxy) is 2. The van der Waals surface area contributed by atoms with Gasteiger partial charge in [-0.3, -0.25) is 0 Å². The molecule has 0 aliphatic heterocycles. The van der Waals surface area contributed by atoms with Crippen LogP contribution in [0.4, 0.5) is 0 Å². The SMILES string of the molecule is C=CC(=O)OCCn1c(=O)n(CCO)c(=O)n(C(C)OC(=O)C=C)c1=O. The van der Waals surface area contributed by atoms with Crippen molar-refractivity contribution < 1.29 is 24.2 Å². The molecule has 11 heteroatoms. The highest BCUT2D eigenvalue weighted by molar-refractivity contribution is 5.81. The Hall–Kier alpha value is -3.21. The molecule has 0 radical (unpaired) electrons. The second-order valence-electron chi connectivity index (χ2n) is 4.86. The van der Waals surface area contributed by atoms with Crippen LogP contribution in [0, 0.1) is 0 Å². The molecule has 1 atom stereocenters. The van der Waals surface area contributed by atoms with E-state index in [0.29, 0.717) is 13.7 Å². The Bertz CT molecular complexity index is 876. The number of carbonyl (C=O) groups is 2. The monoisotopic (exact) mass is 369 g/mol. The first-order chi connectivity index (χ1) is 12.3. The number of aromatic nitrogens is 3. The van der Waals surface area contributed by atoms with Crippen LogP contribution in [-0.2, 0) is 32.2 Å². The van der Waals surface area contributed by atoms with Gasteiger partial charge in [0.15, 0.2) is 6.23 Å². The van der Waals surface area contributed by atoms with Gasteiger partial charge in [-0.1, -0.05) is 13.2 Å². The lowest BCUT2D eigenvalue weighted by Gasteiger charge is -2.18. The van der Waals surface area contributed by atoms with Crippen molar-refractivity contribution >= 4 is 11.9 Å². The molecule has 0 aliphatic rings. The van der Waals surface area contributed by atoms with Gasteiger partial charge >= 0.3 is 29.0 Å². The first kappa shape index (κ1) is 20.8. The quantitative estimate of drug-likeness (QED) is 0.395. The van der Waals surface area contributed by atoms with Crippen LogP contribution < -0.4 is 17.1 Å². The molecular weight excluding hydrogens is 350 g/mol. The molecule has 0 aromatic carbocycles. The van der Waals surface area contributed by atoms with Crippen molar-refractivity contribution in [2.45, 2.75) is 26.2 Å². The zero-order valence-electron chi connectivity index (χ0n) is 14.1. The summed E-state index contributed by atoms with van der Waals surface area (Å²) < 4.78 is 11.3. The summed E-state index contributed by atoms with van der Waals surface area (Å²) in [4.78, 5) is 59.6. The molecule has 142 valence electrons. The first-order valence-electron chi connectivity index (χ1n) is 7.47. The molecule has 0 amide bonds. The highest BCUT2D eigenvalue weighted by Crippen LogP contribution is 2.01. The number of nitrogens with zero attached hydrogens (tertiary/aromatic N) is 3. The third kappa shape index (κ3) is 4.66. The molecule has 26 heavy (non-hydrogen) atoms. The van der Waals surface area contributed by atoms with Crippen LogP contribution >= 0.6 is 0 Å². The lowest BCUT2D eigenvalue weighted by molar-refractivity contribution is -0.147. The summed E-state index contributed by atoms with van der Waals surface area (Å²) in [5.41, 5.74) is -3.12. The third-order valence-corrected chi connectivity index (χ3v) is 3.20. The van der Waals surface area contributed by atoms with Crippen LogP contribution in [-0.4, -0.2) is 44.0 Å². The van der Waals surface area contributed by atoms with Crippen LogP contribution in [0.1, 0.15) is 13.2 Å². The predicted octanol–water partition coefficient (Wildman–Crippen LogP) is -1.86.